The molecule has 2 aliphatic carbocycles. The van der Waals surface area contributed by atoms with Crippen LogP contribution in [0.3, 0.4) is 0 Å². The van der Waals surface area contributed by atoms with Gasteiger partial charge in [-0.1, -0.05) is 54.4 Å². The van der Waals surface area contributed by atoms with E-state index in [-0.39, 0.29) is 0 Å². The normalized spacial score (nSPS) is 40.3. The van der Waals surface area contributed by atoms with Gasteiger partial charge < -0.3 is 5.11 Å². The fourth-order valence-corrected chi connectivity index (χ4v) is 5.65. The molecule has 0 aliphatic heterocycles. The summed E-state index contributed by atoms with van der Waals surface area (Å²) in [6.45, 7) is 15.3. The Kier molecular flexibility index (Phi) is 5.06. The second-order valence-corrected chi connectivity index (χ2v) is 9.83. The Hall–Kier alpha value is -0.0800. The first-order valence-electron chi connectivity index (χ1n) is 8.71. The molecule has 0 aromatic rings. The molecular formula is C20H33BrO. The van der Waals surface area contributed by atoms with E-state index >= 15 is 0 Å². The second kappa shape index (κ2) is 6.09. The second-order valence-electron chi connectivity index (χ2n) is 8.72. The van der Waals surface area contributed by atoms with E-state index in [0.29, 0.717) is 27.5 Å². The third-order valence-corrected chi connectivity index (χ3v) is 8.48. The van der Waals surface area contributed by atoms with Crippen molar-refractivity contribution in [1.82, 2.24) is 0 Å². The Labute approximate surface area is 145 Å². The fraction of sp³-hybridized carbons (Fsp3) is 0.800. The van der Waals surface area contributed by atoms with Crippen molar-refractivity contribution in [2.24, 2.45) is 22.7 Å². The standard InChI is InChI=1S/C20H33BrO/c1-7-19(5,22)12-10-15-14(2)8-9-16-18(3,4)17(21)11-13-20(15,16)6/h7-8,15-17,22H,1,9-13H2,2-6H3/t15-,16+,17+,19?,20-/m0/s1. The molecule has 22 heavy (non-hydrogen) atoms. The van der Waals surface area contributed by atoms with Gasteiger partial charge in [-0.15, -0.1) is 6.58 Å². The van der Waals surface area contributed by atoms with Gasteiger partial charge in [0.1, 0.15) is 0 Å². The molecule has 0 spiro atoms. The van der Waals surface area contributed by atoms with Gasteiger partial charge in [0.05, 0.1) is 5.60 Å². The number of hydrogen-bond donors (Lipinski definition) is 1. The molecule has 2 aliphatic rings. The van der Waals surface area contributed by atoms with Crippen molar-refractivity contribution in [3.63, 3.8) is 0 Å². The molecule has 0 heterocycles. The van der Waals surface area contributed by atoms with E-state index < -0.39 is 5.60 Å². The number of alkyl halides is 1. The van der Waals surface area contributed by atoms with E-state index in [1.807, 2.05) is 6.92 Å². The zero-order chi connectivity index (χ0) is 16.8. The van der Waals surface area contributed by atoms with Crippen molar-refractivity contribution >= 4 is 15.9 Å². The third-order valence-electron chi connectivity index (χ3n) is 6.84. The Morgan fingerprint density at radius 2 is 2.09 bits per heavy atom. The summed E-state index contributed by atoms with van der Waals surface area (Å²) in [5.41, 5.74) is 1.46. The van der Waals surface area contributed by atoms with Crippen LogP contribution in [0.15, 0.2) is 24.3 Å². The van der Waals surface area contributed by atoms with Crippen LogP contribution in [0.4, 0.5) is 0 Å². The molecule has 1 unspecified atom stereocenters. The van der Waals surface area contributed by atoms with Crippen LogP contribution in [0.1, 0.15) is 66.7 Å². The Bertz CT molecular complexity index is 462. The van der Waals surface area contributed by atoms with E-state index in [0.717, 1.165) is 12.8 Å². The van der Waals surface area contributed by atoms with E-state index in [2.05, 4.69) is 56.3 Å². The first-order valence-corrected chi connectivity index (χ1v) is 9.63. The monoisotopic (exact) mass is 368 g/mol. The van der Waals surface area contributed by atoms with Gasteiger partial charge >= 0.3 is 0 Å². The Balaban J connectivity index is 2.28. The molecule has 0 aromatic carbocycles. The molecule has 2 rings (SSSR count). The maximum atomic E-state index is 10.3. The molecule has 5 atom stereocenters. The van der Waals surface area contributed by atoms with Gasteiger partial charge in [0.2, 0.25) is 0 Å². The van der Waals surface area contributed by atoms with Crippen molar-refractivity contribution in [2.45, 2.75) is 77.2 Å². The van der Waals surface area contributed by atoms with Crippen molar-refractivity contribution in [3.05, 3.63) is 24.3 Å². The molecular weight excluding hydrogens is 336 g/mol. The minimum atomic E-state index is -0.744. The largest absolute Gasteiger partial charge is 0.386 e. The highest BCUT2D eigenvalue weighted by Crippen LogP contribution is 2.62. The van der Waals surface area contributed by atoms with Crippen LogP contribution in [-0.2, 0) is 0 Å². The summed E-state index contributed by atoms with van der Waals surface area (Å²) in [4.78, 5) is 0.613. The topological polar surface area (TPSA) is 20.2 Å². The summed E-state index contributed by atoms with van der Waals surface area (Å²) in [6, 6.07) is 0. The summed E-state index contributed by atoms with van der Waals surface area (Å²) >= 11 is 3.94. The lowest BCUT2D eigenvalue weighted by Gasteiger charge is -2.58. The van der Waals surface area contributed by atoms with E-state index in [9.17, 15) is 5.11 Å². The number of fused-ring (bicyclic) bond motifs is 1. The van der Waals surface area contributed by atoms with E-state index in [1.54, 1.807) is 6.08 Å². The molecule has 2 heteroatoms. The summed E-state index contributed by atoms with van der Waals surface area (Å²) in [5, 5.41) is 10.3. The quantitative estimate of drug-likeness (QED) is 0.485. The Morgan fingerprint density at radius 3 is 2.68 bits per heavy atom. The maximum absolute atomic E-state index is 10.3. The number of rotatable bonds is 4. The molecule has 0 bridgehead atoms. The fourth-order valence-electron chi connectivity index (χ4n) is 5.10. The van der Waals surface area contributed by atoms with Crippen LogP contribution < -0.4 is 0 Å². The predicted molar refractivity (Wildman–Crippen MR) is 99.2 cm³/mol. The third kappa shape index (κ3) is 3.11. The minimum absolute atomic E-state index is 0.323. The smallest absolute Gasteiger partial charge is 0.0797 e. The molecule has 1 nitrogen and oxygen atoms in total. The highest BCUT2D eigenvalue weighted by atomic mass is 79.9. The zero-order valence-electron chi connectivity index (χ0n) is 15.0. The average Bonchev–Trinajstić information content (AvgIpc) is 2.42. The van der Waals surface area contributed by atoms with Crippen LogP contribution in [0, 0.1) is 22.7 Å². The lowest BCUT2D eigenvalue weighted by atomic mass is 9.48. The average molecular weight is 369 g/mol. The first-order chi connectivity index (χ1) is 10.0. The van der Waals surface area contributed by atoms with Crippen LogP contribution >= 0.6 is 15.9 Å². The first kappa shape index (κ1) is 18.3. The van der Waals surface area contributed by atoms with Crippen LogP contribution in [0.5, 0.6) is 0 Å². The zero-order valence-corrected chi connectivity index (χ0v) is 16.5. The summed E-state index contributed by atoms with van der Waals surface area (Å²) < 4.78 is 0. The van der Waals surface area contributed by atoms with E-state index in [1.165, 1.54) is 24.8 Å². The molecule has 0 amide bonds. The van der Waals surface area contributed by atoms with Crippen molar-refractivity contribution in [1.29, 1.82) is 0 Å². The van der Waals surface area contributed by atoms with E-state index in [4.69, 9.17) is 0 Å². The highest BCUT2D eigenvalue weighted by molar-refractivity contribution is 9.09. The minimum Gasteiger partial charge on any atom is -0.386 e. The van der Waals surface area contributed by atoms with Gasteiger partial charge in [-0.05, 0) is 68.6 Å². The summed E-state index contributed by atoms with van der Waals surface area (Å²) in [6.07, 6.45) is 9.74. The van der Waals surface area contributed by atoms with Gasteiger partial charge in [-0.2, -0.15) is 0 Å². The van der Waals surface area contributed by atoms with Gasteiger partial charge in [0.25, 0.3) is 0 Å². The number of hydrogen-bond acceptors (Lipinski definition) is 1. The lowest BCUT2D eigenvalue weighted by molar-refractivity contribution is -0.0385. The maximum Gasteiger partial charge on any atom is 0.0797 e. The number of halogens is 1. The van der Waals surface area contributed by atoms with Crippen molar-refractivity contribution < 1.29 is 5.11 Å². The van der Waals surface area contributed by atoms with Crippen LogP contribution in [0.2, 0.25) is 0 Å². The molecule has 1 fully saturated rings. The van der Waals surface area contributed by atoms with Crippen molar-refractivity contribution in [3.8, 4) is 0 Å². The molecule has 0 radical (unpaired) electrons. The number of allylic oxidation sites excluding steroid dienone is 2. The van der Waals surface area contributed by atoms with Crippen LogP contribution in [-0.4, -0.2) is 15.5 Å². The molecule has 1 saturated carbocycles. The van der Waals surface area contributed by atoms with Gasteiger partial charge in [-0.3, -0.25) is 0 Å². The molecule has 1 N–H and O–H groups in total. The molecule has 0 aromatic heterocycles. The van der Waals surface area contributed by atoms with Gasteiger partial charge in [0, 0.05) is 4.83 Å². The van der Waals surface area contributed by atoms with Crippen LogP contribution in [0.25, 0.3) is 0 Å². The lowest BCUT2D eigenvalue weighted by Crippen LogP contribution is -2.52. The van der Waals surface area contributed by atoms with Gasteiger partial charge in [0.15, 0.2) is 0 Å². The van der Waals surface area contributed by atoms with Gasteiger partial charge in [-0.25, -0.2) is 0 Å². The molecule has 126 valence electrons. The molecule has 0 saturated heterocycles. The summed E-state index contributed by atoms with van der Waals surface area (Å²) in [7, 11) is 0. The SMILES string of the molecule is C=CC(C)(O)CC[C@H]1C(C)=CC[C@@H]2C(C)(C)[C@H](Br)CC[C@]21C. The summed E-state index contributed by atoms with van der Waals surface area (Å²) in [5.74, 6) is 1.29. The van der Waals surface area contributed by atoms with Crippen molar-refractivity contribution in [2.75, 3.05) is 0 Å². The highest BCUT2D eigenvalue weighted by Gasteiger charge is 2.54. The predicted octanol–water partition coefficient (Wildman–Crippen LogP) is 5.88. The number of aliphatic hydroxyl groups is 1. The Morgan fingerprint density at radius 1 is 1.45 bits per heavy atom.